The summed E-state index contributed by atoms with van der Waals surface area (Å²) in [6.07, 6.45) is 2.50. The van der Waals surface area contributed by atoms with Gasteiger partial charge in [-0.15, -0.1) is 0 Å². The van der Waals surface area contributed by atoms with Gasteiger partial charge in [-0.2, -0.15) is 5.10 Å². The van der Waals surface area contributed by atoms with E-state index in [4.69, 9.17) is 4.74 Å². The van der Waals surface area contributed by atoms with Crippen molar-refractivity contribution in [2.24, 2.45) is 0 Å². The van der Waals surface area contributed by atoms with Gasteiger partial charge in [0.1, 0.15) is 5.75 Å². The van der Waals surface area contributed by atoms with Crippen LogP contribution in [0, 0.1) is 0 Å². The third-order valence-electron chi connectivity index (χ3n) is 3.20. The fourth-order valence-corrected chi connectivity index (χ4v) is 2.14. The van der Waals surface area contributed by atoms with Crippen molar-refractivity contribution in [2.75, 3.05) is 11.9 Å². The summed E-state index contributed by atoms with van der Waals surface area (Å²) in [6.45, 7) is 5.63. The second kappa shape index (κ2) is 7.49. The Labute approximate surface area is 129 Å². The van der Waals surface area contributed by atoms with Crippen molar-refractivity contribution in [1.82, 2.24) is 9.78 Å². The number of carboxylic acids is 1. The molecule has 0 saturated carbocycles. The number of carbonyl (C=O) groups is 1. The largest absolute Gasteiger partial charge is 0.494 e. The third-order valence-corrected chi connectivity index (χ3v) is 3.20. The summed E-state index contributed by atoms with van der Waals surface area (Å²) in [5, 5.41) is 16.5. The normalized spacial score (nSPS) is 10.5. The second-order valence-corrected chi connectivity index (χ2v) is 4.88. The Morgan fingerprint density at radius 2 is 2.23 bits per heavy atom. The van der Waals surface area contributed by atoms with E-state index in [0.29, 0.717) is 25.4 Å². The number of hydrogen-bond acceptors (Lipinski definition) is 4. The summed E-state index contributed by atoms with van der Waals surface area (Å²) in [5.41, 5.74) is 1.73. The van der Waals surface area contributed by atoms with Crippen LogP contribution in [0.3, 0.4) is 0 Å². The van der Waals surface area contributed by atoms with Gasteiger partial charge in [0.2, 0.25) is 0 Å². The zero-order chi connectivity index (χ0) is 15.9. The molecule has 2 rings (SSSR count). The lowest BCUT2D eigenvalue weighted by atomic mass is 10.2. The van der Waals surface area contributed by atoms with Crippen LogP contribution in [0.15, 0.2) is 30.5 Å². The number of anilines is 1. The average molecular weight is 303 g/mol. The fraction of sp³-hybridized carbons (Fsp3) is 0.375. The van der Waals surface area contributed by atoms with Gasteiger partial charge in [0.25, 0.3) is 0 Å². The lowest BCUT2D eigenvalue weighted by molar-refractivity contribution is 0.0684. The topological polar surface area (TPSA) is 76.4 Å². The van der Waals surface area contributed by atoms with Crippen molar-refractivity contribution in [3.05, 3.63) is 41.7 Å². The fourth-order valence-electron chi connectivity index (χ4n) is 2.14. The monoisotopic (exact) mass is 303 g/mol. The molecule has 1 aromatic carbocycles. The molecule has 6 heteroatoms. The minimum atomic E-state index is -0.984. The smallest absolute Gasteiger partial charge is 0.356 e. The Morgan fingerprint density at radius 3 is 2.91 bits per heavy atom. The van der Waals surface area contributed by atoms with E-state index in [1.54, 1.807) is 6.20 Å². The number of aryl methyl sites for hydroxylation is 1. The molecular weight excluding hydrogens is 282 g/mol. The van der Waals surface area contributed by atoms with Crippen LogP contribution in [0.4, 0.5) is 5.69 Å². The maximum atomic E-state index is 11.3. The molecule has 0 saturated heterocycles. The predicted octanol–water partition coefficient (Wildman–Crippen LogP) is 3.00. The summed E-state index contributed by atoms with van der Waals surface area (Å²) < 4.78 is 7.06. The number of nitrogens with one attached hydrogen (secondary N) is 1. The van der Waals surface area contributed by atoms with Crippen LogP contribution < -0.4 is 10.1 Å². The van der Waals surface area contributed by atoms with Gasteiger partial charge in [-0.25, -0.2) is 4.79 Å². The number of aromatic carboxylic acids is 1. The maximum Gasteiger partial charge on any atom is 0.356 e. The Balaban J connectivity index is 2.07. The first kappa shape index (κ1) is 15.9. The highest BCUT2D eigenvalue weighted by Crippen LogP contribution is 2.18. The van der Waals surface area contributed by atoms with E-state index in [9.17, 15) is 9.90 Å². The predicted molar refractivity (Wildman–Crippen MR) is 84.4 cm³/mol. The molecule has 2 N–H and O–H groups in total. The minimum Gasteiger partial charge on any atom is -0.494 e. The molecule has 0 spiro atoms. The average Bonchev–Trinajstić information content (AvgIpc) is 2.94. The zero-order valence-corrected chi connectivity index (χ0v) is 12.9. The van der Waals surface area contributed by atoms with Crippen LogP contribution in [0.25, 0.3) is 0 Å². The lowest BCUT2D eigenvalue weighted by Crippen LogP contribution is -2.11. The van der Waals surface area contributed by atoms with Gasteiger partial charge >= 0.3 is 5.97 Å². The standard InChI is InChI=1S/C16H21N3O3/c1-3-8-22-13-7-5-6-12(9-13)10-17-14-11-18-19(4-2)15(14)16(20)21/h5-7,9,11,17H,3-4,8,10H2,1-2H3,(H,20,21). The number of aromatic nitrogens is 2. The molecule has 2 aromatic rings. The molecular formula is C16H21N3O3. The van der Waals surface area contributed by atoms with Crippen LogP contribution in [0.5, 0.6) is 5.75 Å². The Hall–Kier alpha value is -2.50. The van der Waals surface area contributed by atoms with Gasteiger partial charge in [0.05, 0.1) is 18.5 Å². The van der Waals surface area contributed by atoms with Crippen molar-refractivity contribution in [3.8, 4) is 5.75 Å². The van der Waals surface area contributed by atoms with E-state index in [-0.39, 0.29) is 5.69 Å². The summed E-state index contributed by atoms with van der Waals surface area (Å²) >= 11 is 0. The molecule has 0 bridgehead atoms. The maximum absolute atomic E-state index is 11.3. The number of nitrogens with zero attached hydrogens (tertiary/aromatic N) is 2. The van der Waals surface area contributed by atoms with E-state index in [0.717, 1.165) is 17.7 Å². The van der Waals surface area contributed by atoms with Crippen molar-refractivity contribution >= 4 is 11.7 Å². The van der Waals surface area contributed by atoms with Gasteiger partial charge in [-0.3, -0.25) is 4.68 Å². The molecule has 0 amide bonds. The zero-order valence-electron chi connectivity index (χ0n) is 12.9. The van der Waals surface area contributed by atoms with Crippen molar-refractivity contribution in [3.63, 3.8) is 0 Å². The number of benzene rings is 1. The van der Waals surface area contributed by atoms with E-state index in [1.165, 1.54) is 4.68 Å². The van der Waals surface area contributed by atoms with Crippen LogP contribution in [-0.2, 0) is 13.1 Å². The summed E-state index contributed by atoms with van der Waals surface area (Å²) in [6, 6.07) is 7.76. The second-order valence-electron chi connectivity index (χ2n) is 4.88. The van der Waals surface area contributed by atoms with Crippen LogP contribution in [0.2, 0.25) is 0 Å². The van der Waals surface area contributed by atoms with Crippen LogP contribution in [-0.4, -0.2) is 27.5 Å². The van der Waals surface area contributed by atoms with Gasteiger partial charge in [-0.05, 0) is 31.0 Å². The summed E-state index contributed by atoms with van der Waals surface area (Å²) in [5.74, 6) is -0.161. The highest BCUT2D eigenvalue weighted by molar-refractivity contribution is 5.92. The Morgan fingerprint density at radius 1 is 1.41 bits per heavy atom. The number of rotatable bonds is 8. The Kier molecular flexibility index (Phi) is 5.41. The molecule has 118 valence electrons. The van der Waals surface area contributed by atoms with Crippen molar-refractivity contribution in [2.45, 2.75) is 33.4 Å². The quantitative estimate of drug-likeness (QED) is 0.784. The van der Waals surface area contributed by atoms with Gasteiger partial charge < -0.3 is 15.2 Å². The van der Waals surface area contributed by atoms with Crippen LogP contribution >= 0.6 is 0 Å². The highest BCUT2D eigenvalue weighted by atomic mass is 16.5. The molecule has 6 nitrogen and oxygen atoms in total. The number of ether oxygens (including phenoxy) is 1. The Bertz CT molecular complexity index is 637. The third kappa shape index (κ3) is 3.78. The molecule has 1 aromatic heterocycles. The molecule has 0 aliphatic carbocycles. The van der Waals surface area contributed by atoms with Gasteiger partial charge in [0.15, 0.2) is 5.69 Å². The first-order chi connectivity index (χ1) is 10.7. The molecule has 0 unspecified atom stereocenters. The molecule has 0 radical (unpaired) electrons. The van der Waals surface area contributed by atoms with Crippen molar-refractivity contribution < 1.29 is 14.6 Å². The SMILES string of the molecule is CCCOc1cccc(CNc2cnn(CC)c2C(=O)O)c1. The first-order valence-corrected chi connectivity index (χ1v) is 7.40. The van der Waals surface area contributed by atoms with E-state index in [2.05, 4.69) is 17.3 Å². The molecule has 0 atom stereocenters. The molecule has 22 heavy (non-hydrogen) atoms. The summed E-state index contributed by atoms with van der Waals surface area (Å²) in [4.78, 5) is 11.3. The molecule has 1 heterocycles. The molecule has 0 fully saturated rings. The first-order valence-electron chi connectivity index (χ1n) is 7.40. The van der Waals surface area contributed by atoms with Gasteiger partial charge in [-0.1, -0.05) is 19.1 Å². The van der Waals surface area contributed by atoms with Crippen molar-refractivity contribution in [1.29, 1.82) is 0 Å². The lowest BCUT2D eigenvalue weighted by Gasteiger charge is -2.09. The highest BCUT2D eigenvalue weighted by Gasteiger charge is 2.16. The van der Waals surface area contributed by atoms with Crippen LogP contribution in [0.1, 0.15) is 36.3 Å². The molecule has 0 aliphatic rings. The number of carboxylic acid groups (broad SMARTS) is 1. The van der Waals surface area contributed by atoms with E-state index in [1.807, 2.05) is 31.2 Å². The van der Waals surface area contributed by atoms with E-state index >= 15 is 0 Å². The van der Waals surface area contributed by atoms with Gasteiger partial charge in [0, 0.05) is 13.1 Å². The summed E-state index contributed by atoms with van der Waals surface area (Å²) in [7, 11) is 0. The minimum absolute atomic E-state index is 0.181. The molecule has 0 aliphatic heterocycles. The van der Waals surface area contributed by atoms with E-state index < -0.39 is 5.97 Å². The number of hydrogen-bond donors (Lipinski definition) is 2.